The number of rotatable bonds is 14. The number of ether oxygens (including phenoxy) is 3. The molecule has 6 heterocycles. The molecule has 0 atom stereocenters. The van der Waals surface area contributed by atoms with Gasteiger partial charge in [0.05, 0.1) is 41.4 Å². The fraction of sp³-hybridized carbons (Fsp3) is 0.429. The first-order valence-corrected chi connectivity index (χ1v) is 28.1. The molecule has 83 heavy (non-hydrogen) atoms. The van der Waals surface area contributed by atoms with Crippen LogP contribution in [0.25, 0.3) is 22.5 Å². The Hall–Kier alpha value is -5.70. The van der Waals surface area contributed by atoms with Crippen LogP contribution in [-0.4, -0.2) is 114 Å². The normalized spacial score (nSPS) is 14.8. The Kier molecular flexibility index (Phi) is 20.2. The molecule has 2 amide bonds. The van der Waals surface area contributed by atoms with Gasteiger partial charge < -0.3 is 29.1 Å². The number of amides is 2. The number of carboxylic acid groups (broad SMARTS) is 1. The van der Waals surface area contributed by atoms with Crippen molar-refractivity contribution in [3.05, 3.63) is 97.9 Å². The number of benzene rings is 2. The lowest BCUT2D eigenvalue weighted by atomic mass is 9.97. The van der Waals surface area contributed by atoms with Crippen LogP contribution in [0.5, 0.6) is 11.5 Å². The SMILES string of the molecule is COC(=O)Cc1cc(C)n(CC(=O)N2CCC(c3nc(-c4cc(Br)c(C(F)(F)F)c(OC(F)(F)F)c4)c(Cl)s3)CC2)n1.Cc1cc(CC(=O)O)nn1CC(=O)N1CCC(c2nc(-c3cc(Br)c(C(F)(F)F)c(OC(F)(F)F)c3)c(Cl)s2)CC1. The number of aromatic nitrogens is 6. The number of piperidine rings is 2. The van der Waals surface area contributed by atoms with Crippen LogP contribution in [0.3, 0.4) is 0 Å². The molecule has 6 aromatic rings. The van der Waals surface area contributed by atoms with Gasteiger partial charge in [-0.2, -0.15) is 36.5 Å². The van der Waals surface area contributed by atoms with Crippen LogP contribution in [-0.2, 0) is 62.2 Å². The van der Waals surface area contributed by atoms with E-state index in [4.69, 9.17) is 28.3 Å². The highest BCUT2D eigenvalue weighted by atomic mass is 79.9. The van der Waals surface area contributed by atoms with Crippen molar-refractivity contribution in [1.82, 2.24) is 39.3 Å². The number of halogens is 16. The molecule has 8 rings (SSSR count). The molecule has 1 N–H and O–H groups in total. The van der Waals surface area contributed by atoms with Crippen LogP contribution in [0.15, 0.2) is 45.3 Å². The first-order valence-electron chi connectivity index (χ1n) is 24.1. The summed E-state index contributed by atoms with van der Waals surface area (Å²) in [5.74, 6) is -5.00. The Bertz CT molecular complexity index is 3390. The molecule has 450 valence electrons. The summed E-state index contributed by atoms with van der Waals surface area (Å²) in [4.78, 5) is 60.4. The van der Waals surface area contributed by atoms with E-state index in [1.54, 1.807) is 35.8 Å². The van der Waals surface area contributed by atoms with E-state index in [1.165, 1.54) is 16.5 Å². The Balaban J connectivity index is 0.000000239. The molecule has 4 aromatic heterocycles. The van der Waals surface area contributed by atoms with Crippen molar-refractivity contribution >= 4 is 101 Å². The van der Waals surface area contributed by atoms with Crippen molar-refractivity contribution in [3.8, 4) is 34.0 Å². The van der Waals surface area contributed by atoms with E-state index in [1.807, 2.05) is 0 Å². The largest absolute Gasteiger partial charge is 0.573 e. The third kappa shape index (κ3) is 16.8. The topological polar surface area (TPSA) is 184 Å². The number of methoxy groups -OCH3 is 1. The fourth-order valence-corrected chi connectivity index (χ4v) is 13.0. The van der Waals surface area contributed by atoms with Crippen LogP contribution in [0.1, 0.15) is 81.4 Å². The zero-order chi connectivity index (χ0) is 61.3. The number of aryl methyl sites for hydroxylation is 2. The number of nitrogens with zero attached hydrogens (tertiary/aromatic N) is 8. The van der Waals surface area contributed by atoms with Crippen molar-refractivity contribution < 1.29 is 91.2 Å². The number of carbonyl (C=O) groups is 4. The van der Waals surface area contributed by atoms with Gasteiger partial charge in [0.1, 0.15) is 55.8 Å². The van der Waals surface area contributed by atoms with Crippen molar-refractivity contribution in [1.29, 1.82) is 0 Å². The number of thiazole rings is 2. The Morgan fingerprint density at radius 3 is 1.30 bits per heavy atom. The highest BCUT2D eigenvalue weighted by molar-refractivity contribution is 9.10. The third-order valence-corrected chi connectivity index (χ3v) is 16.9. The van der Waals surface area contributed by atoms with Crippen LogP contribution in [0.4, 0.5) is 52.7 Å². The number of alkyl halides is 12. The molecule has 2 fully saturated rings. The maximum Gasteiger partial charge on any atom is 0.573 e. The Labute approximate surface area is 496 Å². The van der Waals surface area contributed by atoms with Gasteiger partial charge in [0.25, 0.3) is 0 Å². The van der Waals surface area contributed by atoms with Gasteiger partial charge in [0.2, 0.25) is 11.8 Å². The number of hydrogen-bond acceptors (Lipinski definition) is 13. The van der Waals surface area contributed by atoms with E-state index in [9.17, 15) is 71.9 Å². The van der Waals surface area contributed by atoms with Crippen molar-refractivity contribution in [2.45, 2.75) is 102 Å². The summed E-state index contributed by atoms with van der Waals surface area (Å²) in [6.45, 7) is 4.92. The van der Waals surface area contributed by atoms with E-state index in [2.05, 4.69) is 66.2 Å². The molecule has 2 aliphatic heterocycles. The van der Waals surface area contributed by atoms with E-state index in [0.717, 1.165) is 34.8 Å². The molecule has 0 radical (unpaired) electrons. The molecular weight excluding hydrogens is 1350 g/mol. The summed E-state index contributed by atoms with van der Waals surface area (Å²) in [7, 11) is 1.27. The molecular formula is C49H42Br2Cl2F12N8O8S2. The smallest absolute Gasteiger partial charge is 0.481 e. The Morgan fingerprint density at radius 1 is 0.614 bits per heavy atom. The van der Waals surface area contributed by atoms with Gasteiger partial charge in [-0.1, -0.05) is 55.1 Å². The van der Waals surface area contributed by atoms with Gasteiger partial charge >= 0.3 is 37.0 Å². The number of likely N-dealkylation sites (tertiary alicyclic amines) is 2. The minimum Gasteiger partial charge on any atom is -0.481 e. The van der Waals surface area contributed by atoms with E-state index >= 15 is 0 Å². The average Bonchev–Trinajstić information content (AvgIpc) is 4.34. The zero-order valence-electron chi connectivity index (χ0n) is 42.9. The molecule has 2 aliphatic rings. The van der Waals surface area contributed by atoms with Crippen molar-refractivity contribution in [2.75, 3.05) is 33.3 Å². The summed E-state index contributed by atoms with van der Waals surface area (Å²) in [6, 6.07) is 6.49. The lowest BCUT2D eigenvalue weighted by molar-refractivity contribution is -0.277. The maximum absolute atomic E-state index is 13.5. The second kappa shape index (κ2) is 25.9. The second-order valence-electron chi connectivity index (χ2n) is 18.6. The van der Waals surface area contributed by atoms with Gasteiger partial charge in [-0.3, -0.25) is 28.5 Å². The number of hydrogen-bond donors (Lipinski definition) is 1. The lowest BCUT2D eigenvalue weighted by Crippen LogP contribution is -2.40. The lowest BCUT2D eigenvalue weighted by Gasteiger charge is -2.31. The predicted molar refractivity (Wildman–Crippen MR) is 282 cm³/mol. The zero-order valence-corrected chi connectivity index (χ0v) is 49.2. The molecule has 0 bridgehead atoms. The summed E-state index contributed by atoms with van der Waals surface area (Å²) >= 11 is 20.2. The van der Waals surface area contributed by atoms with Gasteiger partial charge in [0.15, 0.2) is 0 Å². The molecule has 16 nitrogen and oxygen atoms in total. The maximum atomic E-state index is 13.5. The average molecular weight is 1390 g/mol. The first-order chi connectivity index (χ1) is 38.6. The van der Waals surface area contributed by atoms with E-state index < -0.39 is 68.6 Å². The van der Waals surface area contributed by atoms with E-state index in [-0.39, 0.29) is 80.8 Å². The van der Waals surface area contributed by atoms with Crippen LogP contribution in [0, 0.1) is 13.8 Å². The van der Waals surface area contributed by atoms with Gasteiger partial charge in [-0.15, -0.1) is 49.0 Å². The summed E-state index contributed by atoms with van der Waals surface area (Å²) < 4.78 is 172. The molecule has 0 saturated carbocycles. The van der Waals surface area contributed by atoms with Gasteiger partial charge in [-0.25, -0.2) is 9.97 Å². The number of carbonyl (C=O) groups excluding carboxylic acids is 3. The van der Waals surface area contributed by atoms with Crippen molar-refractivity contribution in [3.63, 3.8) is 0 Å². The predicted octanol–water partition coefficient (Wildman–Crippen LogP) is 13.5. The molecule has 0 spiro atoms. The number of aliphatic carboxylic acids is 1. The van der Waals surface area contributed by atoms with E-state index in [0.29, 0.717) is 96.8 Å². The monoisotopic (exact) mass is 1390 g/mol. The molecule has 2 saturated heterocycles. The van der Waals surface area contributed by atoms with Crippen LogP contribution < -0.4 is 9.47 Å². The van der Waals surface area contributed by atoms with Gasteiger partial charge in [-0.05, 0) is 75.9 Å². The summed E-state index contributed by atoms with van der Waals surface area (Å²) in [6.07, 6.45) is -19.2. The minimum atomic E-state index is -5.36. The third-order valence-electron chi connectivity index (χ3n) is 12.8. The Morgan fingerprint density at radius 2 is 0.976 bits per heavy atom. The van der Waals surface area contributed by atoms with Gasteiger partial charge in [0, 0.05) is 69.5 Å². The molecule has 34 heteroatoms. The fourth-order valence-electron chi connectivity index (χ4n) is 8.97. The first kappa shape index (κ1) is 64.9. The minimum absolute atomic E-state index is 0.0115. The molecule has 0 aliphatic carbocycles. The summed E-state index contributed by atoms with van der Waals surface area (Å²) in [5, 5.41) is 18.5. The molecule has 0 unspecified atom stereocenters. The highest BCUT2D eigenvalue weighted by Crippen LogP contribution is 2.49. The second-order valence-corrected chi connectivity index (χ2v) is 23.6. The quantitative estimate of drug-likeness (QED) is 0.0805. The highest BCUT2D eigenvalue weighted by Gasteiger charge is 2.44. The molecule has 2 aromatic carbocycles. The van der Waals surface area contributed by atoms with Crippen LogP contribution in [0.2, 0.25) is 8.67 Å². The standard InChI is InChI=1S/C25H22BrClF6N4O4S.C24H20BrClF6N4O4S/c1-12-7-15(10-19(39)40-2)35-37(12)11-18(38)36-5-3-13(4-6-36)23-34-21(22(27)42-23)14-8-16(26)20(24(28,29)30)17(9-14)41-25(31,32)33;1-11-6-14(9-18(38)39)34-36(11)10-17(37)35-4-2-12(3-5-35)22-33-20(21(26)41-22)13-7-15(25)19(23(27,28)29)16(8-13)40-24(30,31)32/h7-9,13H,3-6,10-11H2,1-2H3;6-8,12H,2-5,9-10H2,1H3,(H,38,39). The van der Waals surface area contributed by atoms with Crippen LogP contribution >= 0.6 is 77.7 Å². The number of carboxylic acids is 1. The number of esters is 1. The summed E-state index contributed by atoms with van der Waals surface area (Å²) in [5.41, 5.74) is -1.20. The van der Waals surface area contributed by atoms with Crippen molar-refractivity contribution in [2.24, 2.45) is 0 Å².